The number of benzene rings is 2. The first-order valence-corrected chi connectivity index (χ1v) is 7.81. The van der Waals surface area contributed by atoms with Crippen LogP contribution in [-0.4, -0.2) is 33.1 Å². The van der Waals surface area contributed by atoms with Gasteiger partial charge in [0.05, 0.1) is 27.0 Å². The molecule has 0 saturated heterocycles. The smallest absolute Gasteiger partial charge is 0.160 e. The summed E-state index contributed by atoms with van der Waals surface area (Å²) >= 11 is 0. The minimum Gasteiger partial charge on any atom is -0.497 e. The Bertz CT molecular complexity index is 725. The number of hydrogen-bond donors (Lipinski definition) is 0. The molecule has 0 saturated carbocycles. The quantitative estimate of drug-likeness (QED) is 0.815. The van der Waals surface area contributed by atoms with Crippen LogP contribution in [0.4, 0.5) is 0 Å². The van der Waals surface area contributed by atoms with Gasteiger partial charge < -0.3 is 19.0 Å². The third-order valence-corrected chi connectivity index (χ3v) is 4.07. The average Bonchev–Trinajstić information content (AvgIpc) is 3.10. The molecule has 0 N–H and O–H groups in total. The Balaban J connectivity index is 1.64. The number of hydrogen-bond acceptors (Lipinski definition) is 5. The molecule has 24 heavy (non-hydrogen) atoms. The van der Waals surface area contributed by atoms with Crippen molar-refractivity contribution in [3.63, 3.8) is 0 Å². The molecule has 5 heteroatoms. The standard InChI is InChI=1S/C19H21NO4/c1-21-15-7-5-14(6-8-15)17-12-16(24-20-17)10-13-4-9-18(22-2)19(11-13)23-3/h4-9,11,16H,10,12H2,1-3H3. The Morgan fingerprint density at radius 1 is 0.958 bits per heavy atom. The maximum atomic E-state index is 5.60. The van der Waals surface area contributed by atoms with E-state index in [2.05, 4.69) is 5.16 Å². The first-order chi connectivity index (χ1) is 11.7. The Labute approximate surface area is 141 Å². The van der Waals surface area contributed by atoms with E-state index in [0.717, 1.165) is 46.9 Å². The van der Waals surface area contributed by atoms with E-state index >= 15 is 0 Å². The molecule has 1 unspecified atom stereocenters. The number of rotatable bonds is 6. The third-order valence-electron chi connectivity index (χ3n) is 4.07. The Morgan fingerprint density at radius 3 is 2.38 bits per heavy atom. The van der Waals surface area contributed by atoms with Crippen LogP contribution < -0.4 is 14.2 Å². The summed E-state index contributed by atoms with van der Waals surface area (Å²) in [4.78, 5) is 5.60. The maximum Gasteiger partial charge on any atom is 0.160 e. The second kappa shape index (κ2) is 7.25. The van der Waals surface area contributed by atoms with Gasteiger partial charge in [-0.3, -0.25) is 0 Å². The molecule has 2 aromatic rings. The van der Waals surface area contributed by atoms with Crippen LogP contribution in [0.2, 0.25) is 0 Å². The molecule has 1 aliphatic heterocycles. The molecule has 0 aliphatic carbocycles. The first kappa shape index (κ1) is 16.2. The molecule has 0 radical (unpaired) electrons. The van der Waals surface area contributed by atoms with Crippen LogP contribution in [0, 0.1) is 0 Å². The molecule has 126 valence electrons. The van der Waals surface area contributed by atoms with Crippen LogP contribution >= 0.6 is 0 Å². The molecule has 0 bridgehead atoms. The Hall–Kier alpha value is -2.69. The fourth-order valence-electron chi connectivity index (χ4n) is 2.76. The van der Waals surface area contributed by atoms with Gasteiger partial charge in [-0.1, -0.05) is 11.2 Å². The second-order valence-electron chi connectivity index (χ2n) is 5.59. The van der Waals surface area contributed by atoms with Crippen molar-refractivity contribution in [3.05, 3.63) is 53.6 Å². The molecule has 0 aromatic heterocycles. The molecular weight excluding hydrogens is 306 g/mol. The highest BCUT2D eigenvalue weighted by Crippen LogP contribution is 2.29. The molecule has 0 fully saturated rings. The first-order valence-electron chi connectivity index (χ1n) is 7.81. The number of oxime groups is 1. The number of methoxy groups -OCH3 is 3. The normalized spacial score (nSPS) is 16.3. The molecule has 1 heterocycles. The molecule has 1 atom stereocenters. The monoisotopic (exact) mass is 327 g/mol. The van der Waals surface area contributed by atoms with E-state index in [1.54, 1.807) is 21.3 Å². The minimum absolute atomic E-state index is 0.0280. The van der Waals surface area contributed by atoms with Crippen molar-refractivity contribution in [2.75, 3.05) is 21.3 Å². The highest BCUT2D eigenvalue weighted by atomic mass is 16.6. The molecule has 2 aromatic carbocycles. The fourth-order valence-corrected chi connectivity index (χ4v) is 2.76. The van der Waals surface area contributed by atoms with E-state index in [1.807, 2.05) is 42.5 Å². The summed E-state index contributed by atoms with van der Waals surface area (Å²) in [6.07, 6.45) is 1.57. The lowest BCUT2D eigenvalue weighted by Crippen LogP contribution is -2.12. The van der Waals surface area contributed by atoms with Crippen molar-refractivity contribution in [3.8, 4) is 17.2 Å². The highest BCUT2D eigenvalue weighted by molar-refractivity contribution is 6.01. The van der Waals surface area contributed by atoms with Gasteiger partial charge in [0.1, 0.15) is 11.9 Å². The minimum atomic E-state index is 0.0280. The zero-order valence-corrected chi connectivity index (χ0v) is 14.1. The zero-order valence-electron chi connectivity index (χ0n) is 14.1. The van der Waals surface area contributed by atoms with Crippen molar-refractivity contribution in [2.45, 2.75) is 18.9 Å². The average molecular weight is 327 g/mol. The third kappa shape index (κ3) is 3.45. The van der Waals surface area contributed by atoms with Crippen LogP contribution in [0.15, 0.2) is 47.6 Å². The summed E-state index contributed by atoms with van der Waals surface area (Å²) in [5, 5.41) is 4.24. The summed E-state index contributed by atoms with van der Waals surface area (Å²) in [7, 11) is 4.93. The summed E-state index contributed by atoms with van der Waals surface area (Å²) in [6.45, 7) is 0. The van der Waals surface area contributed by atoms with E-state index in [9.17, 15) is 0 Å². The van der Waals surface area contributed by atoms with Crippen LogP contribution in [0.1, 0.15) is 17.5 Å². The SMILES string of the molecule is COc1ccc(C2=NOC(Cc3ccc(OC)c(OC)c3)C2)cc1. The Kier molecular flexibility index (Phi) is 4.89. The molecule has 1 aliphatic rings. The largest absolute Gasteiger partial charge is 0.497 e. The van der Waals surface area contributed by atoms with Gasteiger partial charge >= 0.3 is 0 Å². The van der Waals surface area contributed by atoms with Crippen LogP contribution in [0.3, 0.4) is 0 Å². The highest BCUT2D eigenvalue weighted by Gasteiger charge is 2.23. The van der Waals surface area contributed by atoms with Gasteiger partial charge in [0.15, 0.2) is 11.5 Å². The van der Waals surface area contributed by atoms with E-state index in [4.69, 9.17) is 19.0 Å². The molecule has 5 nitrogen and oxygen atoms in total. The van der Waals surface area contributed by atoms with Gasteiger partial charge in [0.25, 0.3) is 0 Å². The lowest BCUT2D eigenvalue weighted by atomic mass is 10.00. The van der Waals surface area contributed by atoms with Crippen molar-refractivity contribution < 1.29 is 19.0 Å². The van der Waals surface area contributed by atoms with Crippen molar-refractivity contribution >= 4 is 5.71 Å². The van der Waals surface area contributed by atoms with E-state index < -0.39 is 0 Å². The summed E-state index contributed by atoms with van der Waals surface area (Å²) in [5.41, 5.74) is 3.15. The lowest BCUT2D eigenvalue weighted by Gasteiger charge is -2.12. The van der Waals surface area contributed by atoms with Crippen LogP contribution in [-0.2, 0) is 11.3 Å². The fraction of sp³-hybridized carbons (Fsp3) is 0.316. The topological polar surface area (TPSA) is 49.3 Å². The van der Waals surface area contributed by atoms with E-state index in [-0.39, 0.29) is 6.10 Å². The predicted octanol–water partition coefficient (Wildman–Crippen LogP) is 3.45. The van der Waals surface area contributed by atoms with E-state index in [0.29, 0.717) is 0 Å². The predicted molar refractivity (Wildman–Crippen MR) is 92.3 cm³/mol. The van der Waals surface area contributed by atoms with Crippen molar-refractivity contribution in [1.29, 1.82) is 0 Å². The number of nitrogens with zero attached hydrogens (tertiary/aromatic N) is 1. The van der Waals surface area contributed by atoms with E-state index in [1.165, 1.54) is 0 Å². The molecule has 3 rings (SSSR count). The number of ether oxygens (including phenoxy) is 3. The van der Waals surface area contributed by atoms with Crippen molar-refractivity contribution in [2.24, 2.45) is 5.16 Å². The second-order valence-corrected chi connectivity index (χ2v) is 5.59. The van der Waals surface area contributed by atoms with Crippen LogP contribution in [0.25, 0.3) is 0 Å². The summed E-state index contributed by atoms with van der Waals surface area (Å²) in [5.74, 6) is 2.29. The van der Waals surface area contributed by atoms with Gasteiger partial charge in [-0.2, -0.15) is 0 Å². The van der Waals surface area contributed by atoms with Crippen LogP contribution in [0.5, 0.6) is 17.2 Å². The van der Waals surface area contributed by atoms with Crippen molar-refractivity contribution in [1.82, 2.24) is 0 Å². The Morgan fingerprint density at radius 2 is 1.71 bits per heavy atom. The van der Waals surface area contributed by atoms with Gasteiger partial charge in [-0.15, -0.1) is 0 Å². The van der Waals surface area contributed by atoms with Gasteiger partial charge in [-0.25, -0.2) is 0 Å². The molecule has 0 spiro atoms. The molecule has 0 amide bonds. The maximum absolute atomic E-state index is 5.60. The lowest BCUT2D eigenvalue weighted by molar-refractivity contribution is 0.0859. The van der Waals surface area contributed by atoms with Gasteiger partial charge in [-0.05, 0) is 47.5 Å². The summed E-state index contributed by atoms with van der Waals surface area (Å²) in [6, 6.07) is 13.8. The zero-order chi connectivity index (χ0) is 16.9. The van der Waals surface area contributed by atoms with Gasteiger partial charge in [0, 0.05) is 12.8 Å². The molecular formula is C19H21NO4. The summed E-state index contributed by atoms with van der Waals surface area (Å²) < 4.78 is 15.8. The van der Waals surface area contributed by atoms with Gasteiger partial charge in [0.2, 0.25) is 0 Å².